The van der Waals surface area contributed by atoms with Crippen LogP contribution in [0.1, 0.15) is 42.2 Å². The first-order valence-corrected chi connectivity index (χ1v) is 12.4. The molecule has 0 bridgehead atoms. The monoisotopic (exact) mass is 471 g/mol. The number of amides is 1. The van der Waals surface area contributed by atoms with Crippen molar-refractivity contribution in [1.29, 1.82) is 5.26 Å². The highest BCUT2D eigenvalue weighted by Gasteiger charge is 2.21. The highest BCUT2D eigenvalue weighted by molar-refractivity contribution is 7.99. The highest BCUT2D eigenvalue weighted by atomic mass is 35.5. The number of nitriles is 1. The molecular formula is C22H22ClN5OS2. The fraction of sp³-hybridized carbons (Fsp3) is 0.364. The van der Waals surface area contributed by atoms with Crippen molar-refractivity contribution in [2.45, 2.75) is 50.7 Å². The molecule has 0 fully saturated rings. The van der Waals surface area contributed by atoms with Gasteiger partial charge in [-0.3, -0.25) is 4.79 Å². The van der Waals surface area contributed by atoms with Crippen LogP contribution in [-0.2, 0) is 24.2 Å². The molecule has 31 heavy (non-hydrogen) atoms. The lowest BCUT2D eigenvalue weighted by Gasteiger charge is -2.08. The molecule has 1 N–H and O–H groups in total. The van der Waals surface area contributed by atoms with E-state index in [1.165, 1.54) is 23.1 Å². The van der Waals surface area contributed by atoms with Gasteiger partial charge in [-0.2, -0.15) is 5.26 Å². The number of carbonyl (C=O) groups is 1. The van der Waals surface area contributed by atoms with E-state index in [0.29, 0.717) is 27.3 Å². The second-order valence-corrected chi connectivity index (χ2v) is 9.76. The molecule has 9 heteroatoms. The Kier molecular flexibility index (Phi) is 6.96. The normalized spacial score (nSPS) is 13.3. The van der Waals surface area contributed by atoms with Crippen molar-refractivity contribution < 1.29 is 4.79 Å². The number of aryl methyl sites for hydroxylation is 1. The van der Waals surface area contributed by atoms with Crippen LogP contribution in [0, 0.1) is 11.3 Å². The fourth-order valence-electron chi connectivity index (χ4n) is 3.76. The molecule has 0 radical (unpaired) electrons. The first kappa shape index (κ1) is 21.9. The first-order chi connectivity index (χ1) is 15.1. The highest BCUT2D eigenvalue weighted by Crippen LogP contribution is 2.37. The van der Waals surface area contributed by atoms with Crippen molar-refractivity contribution in [2.24, 2.45) is 0 Å². The molecule has 1 amide bonds. The summed E-state index contributed by atoms with van der Waals surface area (Å²) >= 11 is 9.00. The summed E-state index contributed by atoms with van der Waals surface area (Å²) in [6, 6.07) is 9.79. The lowest BCUT2D eigenvalue weighted by Crippen LogP contribution is -2.14. The van der Waals surface area contributed by atoms with E-state index >= 15 is 0 Å². The zero-order chi connectivity index (χ0) is 21.8. The van der Waals surface area contributed by atoms with Crippen molar-refractivity contribution in [3.8, 4) is 17.5 Å². The smallest absolute Gasteiger partial charge is 0.235 e. The second kappa shape index (κ2) is 9.86. The van der Waals surface area contributed by atoms with Crippen LogP contribution in [0.25, 0.3) is 11.4 Å². The zero-order valence-corrected chi connectivity index (χ0v) is 19.5. The molecule has 0 atom stereocenters. The number of fused-ring (bicyclic) bond motifs is 1. The van der Waals surface area contributed by atoms with Crippen LogP contribution in [0.2, 0.25) is 5.02 Å². The third-order valence-electron chi connectivity index (χ3n) is 5.23. The molecule has 0 saturated heterocycles. The number of hydrogen-bond acceptors (Lipinski definition) is 6. The molecule has 2 aromatic heterocycles. The summed E-state index contributed by atoms with van der Waals surface area (Å²) in [4.78, 5) is 13.9. The number of nitrogens with one attached hydrogen (secondary N) is 1. The number of halogens is 1. The number of carbonyl (C=O) groups excluding carboxylic acids is 1. The Hall–Kier alpha value is -2.34. The fourth-order valence-corrected chi connectivity index (χ4v) is 6.01. The van der Waals surface area contributed by atoms with Crippen molar-refractivity contribution in [3.05, 3.63) is 45.3 Å². The molecule has 3 aromatic rings. The van der Waals surface area contributed by atoms with Gasteiger partial charge in [0.15, 0.2) is 11.0 Å². The molecule has 1 aliphatic carbocycles. The van der Waals surface area contributed by atoms with Gasteiger partial charge in [0.25, 0.3) is 0 Å². The minimum atomic E-state index is -0.145. The van der Waals surface area contributed by atoms with Gasteiger partial charge in [-0.25, -0.2) is 0 Å². The third kappa shape index (κ3) is 4.79. The molecule has 0 aliphatic heterocycles. The van der Waals surface area contributed by atoms with Gasteiger partial charge in [-0.1, -0.05) is 41.9 Å². The van der Waals surface area contributed by atoms with Crippen LogP contribution in [0.4, 0.5) is 5.00 Å². The number of thioether (sulfide) groups is 1. The van der Waals surface area contributed by atoms with Crippen molar-refractivity contribution in [3.63, 3.8) is 0 Å². The summed E-state index contributed by atoms with van der Waals surface area (Å²) in [7, 11) is 0. The molecule has 2 heterocycles. The lowest BCUT2D eigenvalue weighted by atomic mass is 10.1. The third-order valence-corrected chi connectivity index (χ3v) is 7.64. The molecule has 6 nitrogen and oxygen atoms in total. The van der Waals surface area contributed by atoms with Crippen LogP contribution >= 0.6 is 34.7 Å². The lowest BCUT2D eigenvalue weighted by molar-refractivity contribution is -0.113. The minimum Gasteiger partial charge on any atom is -0.316 e. The molecule has 1 aliphatic rings. The van der Waals surface area contributed by atoms with Crippen LogP contribution in [0.15, 0.2) is 29.4 Å². The molecule has 4 rings (SSSR count). The molecule has 0 spiro atoms. The topological polar surface area (TPSA) is 83.6 Å². The number of benzene rings is 1. The van der Waals surface area contributed by atoms with E-state index in [1.54, 1.807) is 11.3 Å². The Bertz CT molecular complexity index is 1150. The van der Waals surface area contributed by atoms with Gasteiger partial charge in [0.05, 0.1) is 11.3 Å². The first-order valence-electron chi connectivity index (χ1n) is 10.3. The van der Waals surface area contributed by atoms with E-state index in [2.05, 4.69) is 21.6 Å². The molecule has 160 valence electrons. The maximum absolute atomic E-state index is 12.6. The predicted molar refractivity (Wildman–Crippen MR) is 126 cm³/mol. The van der Waals surface area contributed by atoms with Gasteiger partial charge in [-0.15, -0.1) is 21.5 Å². The van der Waals surface area contributed by atoms with Gasteiger partial charge in [-0.05, 0) is 50.3 Å². The summed E-state index contributed by atoms with van der Waals surface area (Å²) in [5.41, 5.74) is 2.65. The largest absolute Gasteiger partial charge is 0.316 e. The second-order valence-electron chi connectivity index (χ2n) is 7.28. The van der Waals surface area contributed by atoms with Crippen LogP contribution in [-0.4, -0.2) is 26.4 Å². The summed E-state index contributed by atoms with van der Waals surface area (Å²) in [5.74, 6) is 0.774. The number of nitrogens with zero attached hydrogens (tertiary/aromatic N) is 4. The van der Waals surface area contributed by atoms with Gasteiger partial charge >= 0.3 is 0 Å². The van der Waals surface area contributed by atoms with Gasteiger partial charge in [0, 0.05) is 22.0 Å². The zero-order valence-electron chi connectivity index (χ0n) is 17.2. The minimum absolute atomic E-state index is 0.145. The van der Waals surface area contributed by atoms with E-state index in [-0.39, 0.29) is 11.7 Å². The van der Waals surface area contributed by atoms with E-state index in [1.807, 2.05) is 35.8 Å². The SMILES string of the molecule is CCn1c(SCC(=O)Nc2sc3c(c2C#N)CCCCC3)nnc1-c1cccc(Cl)c1. The van der Waals surface area contributed by atoms with Gasteiger partial charge in [0.2, 0.25) is 5.91 Å². The molecule has 0 unspecified atom stereocenters. The number of thiophene rings is 1. The summed E-state index contributed by atoms with van der Waals surface area (Å²) < 4.78 is 1.97. The van der Waals surface area contributed by atoms with E-state index < -0.39 is 0 Å². The van der Waals surface area contributed by atoms with Crippen LogP contribution in [0.3, 0.4) is 0 Å². The number of aromatic nitrogens is 3. The molecule has 0 saturated carbocycles. The maximum Gasteiger partial charge on any atom is 0.235 e. The van der Waals surface area contributed by atoms with Crippen molar-refractivity contribution in [2.75, 3.05) is 11.1 Å². The average Bonchev–Trinajstić information content (AvgIpc) is 3.24. The Morgan fingerprint density at radius 2 is 2.16 bits per heavy atom. The maximum atomic E-state index is 12.6. The average molecular weight is 472 g/mol. The van der Waals surface area contributed by atoms with Gasteiger partial charge in [0.1, 0.15) is 11.1 Å². The number of anilines is 1. The van der Waals surface area contributed by atoms with Crippen LogP contribution in [0.5, 0.6) is 0 Å². The Balaban J connectivity index is 1.46. The van der Waals surface area contributed by atoms with Crippen molar-refractivity contribution >= 4 is 45.6 Å². The van der Waals surface area contributed by atoms with E-state index in [0.717, 1.165) is 42.6 Å². The Morgan fingerprint density at radius 3 is 2.94 bits per heavy atom. The Labute approximate surface area is 194 Å². The summed E-state index contributed by atoms with van der Waals surface area (Å²) in [5, 5.41) is 23.2. The summed E-state index contributed by atoms with van der Waals surface area (Å²) in [6.07, 6.45) is 5.35. The van der Waals surface area contributed by atoms with Crippen LogP contribution < -0.4 is 5.32 Å². The van der Waals surface area contributed by atoms with Gasteiger partial charge < -0.3 is 9.88 Å². The summed E-state index contributed by atoms with van der Waals surface area (Å²) in [6.45, 7) is 2.69. The van der Waals surface area contributed by atoms with E-state index in [4.69, 9.17) is 11.6 Å². The quantitative estimate of drug-likeness (QED) is 0.376. The molecule has 1 aromatic carbocycles. The number of hydrogen-bond donors (Lipinski definition) is 1. The van der Waals surface area contributed by atoms with Crippen molar-refractivity contribution in [1.82, 2.24) is 14.8 Å². The molecular weight excluding hydrogens is 450 g/mol. The standard InChI is InChI=1S/C22H22ClN5OS2/c1-2-28-20(14-7-6-8-15(23)11-14)26-27-22(28)30-13-19(29)25-21-17(12-24)16-9-4-3-5-10-18(16)31-21/h6-8,11H,2-5,9-10,13H2,1H3,(H,25,29). The predicted octanol–water partition coefficient (Wildman–Crippen LogP) is 5.55. The Morgan fingerprint density at radius 1 is 1.32 bits per heavy atom. The van der Waals surface area contributed by atoms with E-state index in [9.17, 15) is 10.1 Å². The number of rotatable bonds is 6.